The molecule has 0 aliphatic carbocycles. The van der Waals surface area contributed by atoms with Crippen molar-refractivity contribution in [1.82, 2.24) is 9.97 Å². The van der Waals surface area contributed by atoms with E-state index < -0.39 is 0 Å². The molecule has 150 valence electrons. The number of nitrogens with two attached hydrogens (primary N) is 2. The van der Waals surface area contributed by atoms with Crippen molar-refractivity contribution < 1.29 is 9.68 Å². The quantitative estimate of drug-likeness (QED) is 0.364. The number of amidine groups is 2. The number of aromatic nitrogens is 2. The molecule has 0 aliphatic rings. The summed E-state index contributed by atoms with van der Waals surface area (Å²) in [5, 5.41) is 7.41. The van der Waals surface area contributed by atoms with Gasteiger partial charge >= 0.3 is 0 Å². The lowest BCUT2D eigenvalue weighted by molar-refractivity contribution is 0.213. The highest BCUT2D eigenvalue weighted by Crippen LogP contribution is 2.24. The maximum absolute atomic E-state index is 5.80. The van der Waals surface area contributed by atoms with Crippen LogP contribution in [0.5, 0.6) is 0 Å². The number of halogens is 1. The lowest BCUT2D eigenvalue weighted by atomic mass is 10.0. The third-order valence-electron chi connectivity index (χ3n) is 3.95. The van der Waals surface area contributed by atoms with E-state index in [0.29, 0.717) is 11.1 Å². The molecule has 0 radical (unpaired) electrons. The van der Waals surface area contributed by atoms with Gasteiger partial charge in [-0.1, -0.05) is 28.5 Å². The van der Waals surface area contributed by atoms with E-state index in [2.05, 4.69) is 30.0 Å². The molecule has 3 aromatic rings. The molecule has 0 unspecified atom stereocenters. The molecular weight excluding hydrogens is 392 g/mol. The van der Waals surface area contributed by atoms with E-state index in [1.165, 1.54) is 14.2 Å². The molecule has 0 fully saturated rings. The molecular formula is C20H21ClN6O2. The summed E-state index contributed by atoms with van der Waals surface area (Å²) in [6.07, 6.45) is 3.32. The van der Waals surface area contributed by atoms with Crippen LogP contribution in [0.3, 0.4) is 0 Å². The van der Waals surface area contributed by atoms with Gasteiger partial charge in [-0.15, -0.1) is 12.4 Å². The molecule has 4 N–H and O–H groups in total. The molecule has 8 nitrogen and oxygen atoms in total. The first-order valence-electron chi connectivity index (χ1n) is 8.39. The van der Waals surface area contributed by atoms with Gasteiger partial charge in [-0.3, -0.25) is 9.97 Å². The van der Waals surface area contributed by atoms with Crippen LogP contribution in [0.15, 0.2) is 71.2 Å². The fraction of sp³-hybridized carbons (Fsp3) is 0.100. The molecule has 1 aromatic carbocycles. The summed E-state index contributed by atoms with van der Waals surface area (Å²) in [4.78, 5) is 18.3. The van der Waals surface area contributed by atoms with Gasteiger partial charge in [0.05, 0.1) is 11.4 Å². The highest BCUT2D eigenvalue weighted by Gasteiger charge is 2.07. The van der Waals surface area contributed by atoms with Gasteiger partial charge in [-0.2, -0.15) is 0 Å². The van der Waals surface area contributed by atoms with Gasteiger partial charge in [0.1, 0.15) is 14.2 Å². The van der Waals surface area contributed by atoms with Crippen molar-refractivity contribution in [1.29, 1.82) is 0 Å². The van der Waals surface area contributed by atoms with Crippen LogP contribution in [0.25, 0.3) is 22.5 Å². The standard InChI is InChI=1S/C20H20N6O2.ClH/c1-27-25-19(21)15-6-8-17(23-11-15)13-4-3-5-14(10-13)18-9-7-16(12-24-18)20(22)26-28-2;/h3-12H,1-2H3,(H2,21,25)(H2,22,26);1H. The molecule has 0 atom stereocenters. The summed E-state index contributed by atoms with van der Waals surface area (Å²) in [6, 6.07) is 15.4. The van der Waals surface area contributed by atoms with Crippen LogP contribution in [0.4, 0.5) is 0 Å². The average Bonchev–Trinajstić information content (AvgIpc) is 2.74. The Bertz CT molecular complexity index is 925. The van der Waals surface area contributed by atoms with Gasteiger partial charge in [0.2, 0.25) is 0 Å². The maximum Gasteiger partial charge on any atom is 0.171 e. The minimum absolute atomic E-state index is 0. The molecule has 3 rings (SSSR count). The van der Waals surface area contributed by atoms with Gasteiger partial charge in [-0.05, 0) is 30.3 Å². The third kappa shape index (κ3) is 5.20. The first-order valence-corrected chi connectivity index (χ1v) is 8.39. The van der Waals surface area contributed by atoms with Crippen LogP contribution in [0, 0.1) is 0 Å². The van der Waals surface area contributed by atoms with Crippen molar-refractivity contribution >= 4 is 24.1 Å². The van der Waals surface area contributed by atoms with E-state index in [0.717, 1.165) is 22.5 Å². The molecule has 29 heavy (non-hydrogen) atoms. The zero-order chi connectivity index (χ0) is 19.9. The summed E-state index contributed by atoms with van der Waals surface area (Å²) in [5.41, 5.74) is 16.5. The van der Waals surface area contributed by atoms with Crippen molar-refractivity contribution in [2.75, 3.05) is 14.2 Å². The topological polar surface area (TPSA) is 121 Å². The molecule has 2 aromatic heterocycles. The summed E-state index contributed by atoms with van der Waals surface area (Å²) in [5.74, 6) is 0.548. The Labute approximate surface area is 174 Å². The SMILES string of the molecule is CO/N=C(\N)c1ccc(-c2cccc(-c3ccc(/C(N)=N\OC)cn3)c2)nc1.Cl. The number of pyridine rings is 2. The van der Waals surface area contributed by atoms with Crippen LogP contribution in [0.2, 0.25) is 0 Å². The molecule has 0 aliphatic heterocycles. The van der Waals surface area contributed by atoms with Crippen molar-refractivity contribution in [3.63, 3.8) is 0 Å². The molecule has 0 saturated heterocycles. The van der Waals surface area contributed by atoms with Crippen molar-refractivity contribution in [3.8, 4) is 22.5 Å². The normalized spacial score (nSPS) is 11.5. The Hall–Kier alpha value is -3.65. The molecule has 9 heteroatoms. The molecule has 0 saturated carbocycles. The summed E-state index contributed by atoms with van der Waals surface area (Å²) < 4.78 is 0. The zero-order valence-electron chi connectivity index (χ0n) is 15.9. The Morgan fingerprint density at radius 1 is 0.759 bits per heavy atom. The van der Waals surface area contributed by atoms with Gasteiger partial charge in [-0.25, -0.2) is 0 Å². The second-order valence-electron chi connectivity index (χ2n) is 5.76. The van der Waals surface area contributed by atoms with Crippen molar-refractivity contribution in [2.45, 2.75) is 0 Å². The van der Waals surface area contributed by atoms with Crippen LogP contribution in [-0.4, -0.2) is 35.9 Å². The second-order valence-corrected chi connectivity index (χ2v) is 5.76. The first-order chi connectivity index (χ1) is 13.6. The van der Waals surface area contributed by atoms with Gasteiger partial charge < -0.3 is 21.1 Å². The van der Waals surface area contributed by atoms with Crippen LogP contribution in [-0.2, 0) is 9.68 Å². The highest BCUT2D eigenvalue weighted by molar-refractivity contribution is 5.97. The Morgan fingerprint density at radius 2 is 1.21 bits per heavy atom. The largest absolute Gasteiger partial charge is 0.397 e. The first kappa shape index (κ1) is 21.6. The maximum atomic E-state index is 5.80. The molecule has 0 bridgehead atoms. The lowest BCUT2D eigenvalue weighted by Gasteiger charge is -2.07. The van der Waals surface area contributed by atoms with Crippen LogP contribution >= 0.6 is 12.4 Å². The summed E-state index contributed by atoms with van der Waals surface area (Å²) in [7, 11) is 2.89. The smallest absolute Gasteiger partial charge is 0.171 e. The van der Waals surface area contributed by atoms with E-state index >= 15 is 0 Å². The van der Waals surface area contributed by atoms with E-state index in [1.807, 2.05) is 48.5 Å². The second kappa shape index (κ2) is 10.0. The zero-order valence-corrected chi connectivity index (χ0v) is 16.8. The van der Waals surface area contributed by atoms with E-state index in [9.17, 15) is 0 Å². The number of benzene rings is 1. The van der Waals surface area contributed by atoms with Crippen LogP contribution in [0.1, 0.15) is 11.1 Å². The molecule has 0 amide bonds. The monoisotopic (exact) mass is 412 g/mol. The predicted octanol–water partition coefficient (Wildman–Crippen LogP) is 2.77. The van der Waals surface area contributed by atoms with Crippen molar-refractivity contribution in [2.24, 2.45) is 21.8 Å². The Morgan fingerprint density at radius 3 is 1.55 bits per heavy atom. The minimum atomic E-state index is 0. The van der Waals surface area contributed by atoms with E-state index in [1.54, 1.807) is 12.4 Å². The average molecular weight is 413 g/mol. The lowest BCUT2D eigenvalue weighted by Crippen LogP contribution is -2.13. The van der Waals surface area contributed by atoms with E-state index in [4.69, 9.17) is 11.5 Å². The Kier molecular flexibility index (Phi) is 7.50. The number of rotatable bonds is 6. The highest BCUT2D eigenvalue weighted by atomic mass is 35.5. The number of oxime groups is 2. The minimum Gasteiger partial charge on any atom is -0.397 e. The number of hydrogen-bond donors (Lipinski definition) is 2. The fourth-order valence-electron chi connectivity index (χ4n) is 2.57. The predicted molar refractivity (Wildman–Crippen MR) is 116 cm³/mol. The third-order valence-corrected chi connectivity index (χ3v) is 3.95. The van der Waals surface area contributed by atoms with Gasteiger partial charge in [0.25, 0.3) is 0 Å². The Balaban J connectivity index is 0.00000300. The molecule has 2 heterocycles. The van der Waals surface area contributed by atoms with E-state index in [-0.39, 0.29) is 24.1 Å². The number of hydrogen-bond acceptors (Lipinski definition) is 6. The number of nitrogens with zero attached hydrogens (tertiary/aromatic N) is 4. The van der Waals surface area contributed by atoms with Crippen molar-refractivity contribution in [3.05, 3.63) is 72.1 Å². The summed E-state index contributed by atoms with van der Waals surface area (Å²) >= 11 is 0. The fourth-order valence-corrected chi connectivity index (χ4v) is 2.57. The van der Waals surface area contributed by atoms with Crippen LogP contribution < -0.4 is 11.5 Å². The molecule has 0 spiro atoms. The van der Waals surface area contributed by atoms with Gasteiger partial charge in [0.15, 0.2) is 11.7 Å². The summed E-state index contributed by atoms with van der Waals surface area (Å²) in [6.45, 7) is 0. The van der Waals surface area contributed by atoms with Gasteiger partial charge in [0, 0.05) is 34.6 Å².